The first-order chi connectivity index (χ1) is 8.75. The van der Waals surface area contributed by atoms with Gasteiger partial charge < -0.3 is 4.98 Å². The van der Waals surface area contributed by atoms with E-state index in [0.29, 0.717) is 10.4 Å². The lowest BCUT2D eigenvalue weighted by molar-refractivity contribution is 1.26. The van der Waals surface area contributed by atoms with E-state index >= 15 is 0 Å². The third kappa shape index (κ3) is 1.79. The number of nitrogens with zero attached hydrogens (tertiary/aromatic N) is 1. The first-order valence-corrected chi connectivity index (χ1v) is 5.85. The molecule has 2 heterocycles. The van der Waals surface area contributed by atoms with Gasteiger partial charge in [0.25, 0.3) is 5.56 Å². The van der Waals surface area contributed by atoms with Crippen LogP contribution in [0, 0.1) is 0 Å². The number of pyridine rings is 2. The standard InChI is InChI=1S/C14H9ClN2O/c15-10-3-1-9(2-4-10)12-8-17-14(18)11-5-6-16-7-13(11)12/h1-8H,(H,17,18). The largest absolute Gasteiger partial charge is 0.328 e. The fourth-order valence-electron chi connectivity index (χ4n) is 1.97. The minimum atomic E-state index is -0.106. The summed E-state index contributed by atoms with van der Waals surface area (Å²) in [5, 5.41) is 2.16. The highest BCUT2D eigenvalue weighted by molar-refractivity contribution is 6.30. The molecule has 0 saturated carbocycles. The highest BCUT2D eigenvalue weighted by Gasteiger charge is 2.06. The molecule has 0 spiro atoms. The van der Waals surface area contributed by atoms with Gasteiger partial charge >= 0.3 is 0 Å². The number of nitrogens with one attached hydrogen (secondary N) is 1. The van der Waals surface area contributed by atoms with Gasteiger partial charge in [0, 0.05) is 34.6 Å². The van der Waals surface area contributed by atoms with E-state index in [9.17, 15) is 4.79 Å². The lowest BCUT2D eigenvalue weighted by Gasteiger charge is -2.05. The van der Waals surface area contributed by atoms with Gasteiger partial charge in [-0.2, -0.15) is 0 Å². The fraction of sp³-hybridized carbons (Fsp3) is 0. The molecule has 3 aromatic rings. The molecular weight excluding hydrogens is 248 g/mol. The van der Waals surface area contributed by atoms with Crippen LogP contribution in [0.4, 0.5) is 0 Å². The van der Waals surface area contributed by atoms with Crippen molar-refractivity contribution in [3.05, 3.63) is 64.3 Å². The summed E-state index contributed by atoms with van der Waals surface area (Å²) in [6.07, 6.45) is 5.02. The molecule has 3 rings (SSSR count). The zero-order valence-corrected chi connectivity index (χ0v) is 10.1. The summed E-state index contributed by atoms with van der Waals surface area (Å²) in [7, 11) is 0. The van der Waals surface area contributed by atoms with Gasteiger partial charge in [0.15, 0.2) is 0 Å². The molecule has 3 nitrogen and oxygen atoms in total. The molecule has 0 saturated heterocycles. The molecule has 0 amide bonds. The second kappa shape index (κ2) is 4.27. The van der Waals surface area contributed by atoms with Gasteiger partial charge in [-0.1, -0.05) is 23.7 Å². The number of rotatable bonds is 1. The Morgan fingerprint density at radius 2 is 1.83 bits per heavy atom. The number of halogens is 1. The Kier molecular flexibility index (Phi) is 2.61. The molecule has 4 heteroatoms. The summed E-state index contributed by atoms with van der Waals surface area (Å²) in [6.45, 7) is 0. The van der Waals surface area contributed by atoms with Gasteiger partial charge in [0.1, 0.15) is 0 Å². The van der Waals surface area contributed by atoms with E-state index in [2.05, 4.69) is 9.97 Å². The average molecular weight is 257 g/mol. The molecule has 0 radical (unpaired) electrons. The average Bonchev–Trinajstić information content (AvgIpc) is 2.41. The number of hydrogen-bond donors (Lipinski definition) is 1. The smallest absolute Gasteiger partial charge is 0.255 e. The SMILES string of the molecule is O=c1[nH]cc(-c2ccc(Cl)cc2)c2cnccc12. The Bertz CT molecular complexity index is 763. The van der Waals surface area contributed by atoms with Crippen LogP contribution in [0.3, 0.4) is 0 Å². The lowest BCUT2D eigenvalue weighted by Crippen LogP contribution is -2.05. The van der Waals surface area contributed by atoms with E-state index in [1.165, 1.54) is 0 Å². The van der Waals surface area contributed by atoms with E-state index < -0.39 is 0 Å². The number of hydrogen-bond acceptors (Lipinski definition) is 2. The maximum absolute atomic E-state index is 11.7. The molecule has 0 aliphatic rings. The second-order valence-corrected chi connectivity index (χ2v) is 4.40. The van der Waals surface area contributed by atoms with Gasteiger partial charge in [-0.3, -0.25) is 9.78 Å². The molecule has 0 atom stereocenters. The van der Waals surface area contributed by atoms with Crippen molar-refractivity contribution in [2.24, 2.45) is 0 Å². The van der Waals surface area contributed by atoms with E-state index in [1.54, 1.807) is 24.7 Å². The number of aromatic nitrogens is 2. The summed E-state index contributed by atoms with van der Waals surface area (Å²) in [4.78, 5) is 18.5. The summed E-state index contributed by atoms with van der Waals surface area (Å²) in [5.74, 6) is 0. The Balaban J connectivity index is 2.33. The van der Waals surface area contributed by atoms with E-state index in [1.807, 2.05) is 24.3 Å². The van der Waals surface area contributed by atoms with Crippen LogP contribution >= 0.6 is 11.6 Å². The second-order valence-electron chi connectivity index (χ2n) is 3.96. The van der Waals surface area contributed by atoms with Crippen LogP contribution in [-0.4, -0.2) is 9.97 Å². The molecule has 0 aliphatic heterocycles. The quantitative estimate of drug-likeness (QED) is 0.726. The van der Waals surface area contributed by atoms with Crippen LogP contribution in [0.1, 0.15) is 0 Å². The maximum atomic E-state index is 11.7. The van der Waals surface area contributed by atoms with Crippen LogP contribution in [0.5, 0.6) is 0 Å². The highest BCUT2D eigenvalue weighted by Crippen LogP contribution is 2.26. The van der Waals surface area contributed by atoms with E-state index in [-0.39, 0.29) is 5.56 Å². The van der Waals surface area contributed by atoms with Crippen molar-refractivity contribution in [2.75, 3.05) is 0 Å². The third-order valence-electron chi connectivity index (χ3n) is 2.86. The minimum absolute atomic E-state index is 0.106. The molecule has 1 N–H and O–H groups in total. The van der Waals surface area contributed by atoms with Gasteiger partial charge in [-0.25, -0.2) is 0 Å². The van der Waals surface area contributed by atoms with E-state index in [4.69, 9.17) is 11.6 Å². The van der Waals surface area contributed by atoms with Crippen molar-refractivity contribution in [2.45, 2.75) is 0 Å². The summed E-state index contributed by atoms with van der Waals surface area (Å²) in [6, 6.07) is 9.20. The van der Waals surface area contributed by atoms with Gasteiger partial charge in [0.05, 0.1) is 5.39 Å². The lowest BCUT2D eigenvalue weighted by atomic mass is 10.0. The topological polar surface area (TPSA) is 45.8 Å². The van der Waals surface area contributed by atoms with Crippen LogP contribution in [0.2, 0.25) is 5.02 Å². The predicted molar refractivity (Wildman–Crippen MR) is 72.8 cm³/mol. The van der Waals surface area contributed by atoms with Crippen LogP contribution in [0.15, 0.2) is 53.7 Å². The third-order valence-corrected chi connectivity index (χ3v) is 3.11. The Hall–Kier alpha value is -2.13. The van der Waals surface area contributed by atoms with Gasteiger partial charge in [0.2, 0.25) is 0 Å². The van der Waals surface area contributed by atoms with Crippen LogP contribution in [0.25, 0.3) is 21.9 Å². The Labute approximate surface area is 108 Å². The normalized spacial score (nSPS) is 10.7. The van der Waals surface area contributed by atoms with E-state index in [0.717, 1.165) is 16.5 Å². The fourth-order valence-corrected chi connectivity index (χ4v) is 2.09. The summed E-state index contributed by atoms with van der Waals surface area (Å²) < 4.78 is 0. The first kappa shape index (κ1) is 11.0. The molecule has 2 aromatic heterocycles. The Morgan fingerprint density at radius 3 is 2.61 bits per heavy atom. The van der Waals surface area contributed by atoms with Crippen molar-refractivity contribution in [3.63, 3.8) is 0 Å². The zero-order chi connectivity index (χ0) is 12.5. The van der Waals surface area contributed by atoms with Crippen LogP contribution < -0.4 is 5.56 Å². The highest BCUT2D eigenvalue weighted by atomic mass is 35.5. The molecule has 0 unspecified atom stereocenters. The molecule has 1 aromatic carbocycles. The van der Waals surface area contributed by atoms with Crippen molar-refractivity contribution < 1.29 is 0 Å². The molecule has 0 aliphatic carbocycles. The van der Waals surface area contributed by atoms with Gasteiger partial charge in [-0.15, -0.1) is 0 Å². The summed E-state index contributed by atoms with van der Waals surface area (Å²) >= 11 is 5.87. The molecular formula is C14H9ClN2O. The van der Waals surface area contributed by atoms with Gasteiger partial charge in [-0.05, 0) is 23.8 Å². The molecule has 88 valence electrons. The molecule has 0 bridgehead atoms. The monoisotopic (exact) mass is 256 g/mol. The summed E-state index contributed by atoms with van der Waals surface area (Å²) in [5.41, 5.74) is 1.83. The van der Waals surface area contributed by atoms with Crippen molar-refractivity contribution >= 4 is 22.4 Å². The number of fused-ring (bicyclic) bond motifs is 1. The number of benzene rings is 1. The van der Waals surface area contributed by atoms with Crippen molar-refractivity contribution in [1.29, 1.82) is 0 Å². The number of H-pyrrole nitrogens is 1. The predicted octanol–water partition coefficient (Wildman–Crippen LogP) is 3.24. The first-order valence-electron chi connectivity index (χ1n) is 5.47. The zero-order valence-electron chi connectivity index (χ0n) is 9.35. The Morgan fingerprint density at radius 1 is 1.06 bits per heavy atom. The molecule has 18 heavy (non-hydrogen) atoms. The minimum Gasteiger partial charge on any atom is -0.328 e. The molecule has 0 fully saturated rings. The van der Waals surface area contributed by atoms with Crippen molar-refractivity contribution in [3.8, 4) is 11.1 Å². The number of aromatic amines is 1. The maximum Gasteiger partial charge on any atom is 0.255 e. The van der Waals surface area contributed by atoms with Crippen molar-refractivity contribution in [1.82, 2.24) is 9.97 Å². The van der Waals surface area contributed by atoms with Crippen LogP contribution in [-0.2, 0) is 0 Å².